The Hall–Kier alpha value is -2.21. The summed E-state index contributed by atoms with van der Waals surface area (Å²) < 4.78 is 18.0. The van der Waals surface area contributed by atoms with E-state index in [0.717, 1.165) is 22.4 Å². The number of aryl methyl sites for hydroxylation is 2. The number of carbonyl (C=O) groups excluding carboxylic acids is 2. The lowest BCUT2D eigenvalue weighted by molar-refractivity contribution is -0.129. The number of esters is 1. The molecule has 0 aliphatic carbocycles. The predicted molar refractivity (Wildman–Crippen MR) is 91.6 cm³/mol. The normalized spacial score (nSPS) is 11.8. The maximum atomic E-state index is 12.8. The lowest BCUT2D eigenvalue weighted by Gasteiger charge is -2.13. The third-order valence-corrected chi connectivity index (χ3v) is 4.71. The van der Waals surface area contributed by atoms with E-state index >= 15 is 0 Å². The Labute approximate surface area is 144 Å². The zero-order valence-corrected chi connectivity index (χ0v) is 14.7. The van der Waals surface area contributed by atoms with Crippen LogP contribution in [0.5, 0.6) is 0 Å². The van der Waals surface area contributed by atoms with Crippen molar-refractivity contribution in [2.24, 2.45) is 0 Å². The molecule has 0 spiro atoms. The van der Waals surface area contributed by atoms with Crippen LogP contribution in [0.4, 0.5) is 4.39 Å². The van der Waals surface area contributed by atoms with Crippen molar-refractivity contribution in [1.82, 2.24) is 5.32 Å². The van der Waals surface area contributed by atoms with Gasteiger partial charge in [-0.3, -0.25) is 4.79 Å². The molecule has 0 saturated heterocycles. The van der Waals surface area contributed by atoms with Crippen molar-refractivity contribution in [3.05, 3.63) is 57.0 Å². The largest absolute Gasteiger partial charge is 0.448 e. The fraction of sp³-hybridized carbons (Fsp3) is 0.333. The van der Waals surface area contributed by atoms with Gasteiger partial charge in [0, 0.05) is 11.4 Å². The summed E-state index contributed by atoms with van der Waals surface area (Å²) in [6.07, 6.45) is -0.0472. The van der Waals surface area contributed by atoms with Crippen LogP contribution in [-0.4, -0.2) is 18.0 Å². The molecular formula is C18H20FNO3S. The minimum Gasteiger partial charge on any atom is -0.448 e. The molecule has 24 heavy (non-hydrogen) atoms. The van der Waals surface area contributed by atoms with Crippen LogP contribution < -0.4 is 5.32 Å². The molecule has 1 N–H and O–H groups in total. The molecule has 0 aliphatic rings. The number of halogens is 1. The van der Waals surface area contributed by atoms with Crippen molar-refractivity contribution in [2.45, 2.75) is 39.8 Å². The quantitative estimate of drug-likeness (QED) is 0.811. The zero-order chi connectivity index (χ0) is 17.7. The number of thiophene rings is 1. The van der Waals surface area contributed by atoms with Crippen molar-refractivity contribution in [1.29, 1.82) is 0 Å². The minimum absolute atomic E-state index is 0.249. The molecule has 0 fully saturated rings. The molecule has 0 radical (unpaired) electrons. The molecule has 0 bridgehead atoms. The summed E-state index contributed by atoms with van der Waals surface area (Å²) >= 11 is 1.37. The van der Waals surface area contributed by atoms with Crippen molar-refractivity contribution in [2.75, 3.05) is 0 Å². The number of rotatable bonds is 6. The molecule has 1 aromatic heterocycles. The van der Waals surface area contributed by atoms with E-state index in [4.69, 9.17) is 4.74 Å². The van der Waals surface area contributed by atoms with E-state index in [0.29, 0.717) is 4.88 Å². The van der Waals surface area contributed by atoms with Crippen LogP contribution in [0.2, 0.25) is 0 Å². The average molecular weight is 349 g/mol. The molecule has 128 valence electrons. The van der Waals surface area contributed by atoms with E-state index in [2.05, 4.69) is 5.32 Å². The van der Waals surface area contributed by atoms with Gasteiger partial charge >= 0.3 is 5.97 Å². The van der Waals surface area contributed by atoms with Crippen LogP contribution in [-0.2, 0) is 22.5 Å². The van der Waals surface area contributed by atoms with Crippen LogP contribution in [0.1, 0.15) is 39.5 Å². The first kappa shape index (κ1) is 18.1. The molecule has 1 atom stereocenters. The number of hydrogen-bond acceptors (Lipinski definition) is 4. The van der Waals surface area contributed by atoms with Gasteiger partial charge in [-0.05, 0) is 49.6 Å². The standard InChI is InChI=1S/C18H20FNO3S/c1-4-14-9-16(24-12(14)3)18(22)23-11(2)17(21)20-10-13-5-7-15(19)8-6-13/h5-9,11H,4,10H2,1-3H3,(H,20,21). The fourth-order valence-electron chi connectivity index (χ4n) is 2.18. The van der Waals surface area contributed by atoms with Gasteiger partial charge in [-0.1, -0.05) is 19.1 Å². The molecule has 1 aromatic carbocycles. The van der Waals surface area contributed by atoms with E-state index in [1.807, 2.05) is 19.9 Å². The highest BCUT2D eigenvalue weighted by atomic mass is 32.1. The highest BCUT2D eigenvalue weighted by Gasteiger charge is 2.20. The first-order chi connectivity index (χ1) is 11.4. The Morgan fingerprint density at radius 1 is 1.29 bits per heavy atom. The van der Waals surface area contributed by atoms with Crippen LogP contribution in [0.3, 0.4) is 0 Å². The molecule has 2 aromatic rings. The Bertz CT molecular complexity index is 724. The van der Waals surface area contributed by atoms with E-state index in [-0.39, 0.29) is 12.4 Å². The molecule has 1 unspecified atom stereocenters. The Balaban J connectivity index is 1.88. The highest BCUT2D eigenvalue weighted by Crippen LogP contribution is 2.23. The van der Waals surface area contributed by atoms with Gasteiger partial charge in [0.15, 0.2) is 6.10 Å². The molecular weight excluding hydrogens is 329 g/mol. The summed E-state index contributed by atoms with van der Waals surface area (Å²) in [6, 6.07) is 7.65. The van der Waals surface area contributed by atoms with Gasteiger partial charge in [0.2, 0.25) is 0 Å². The summed E-state index contributed by atoms with van der Waals surface area (Å²) in [6.45, 7) is 5.76. The summed E-state index contributed by atoms with van der Waals surface area (Å²) in [5.74, 6) is -1.21. The number of hydrogen-bond donors (Lipinski definition) is 1. The van der Waals surface area contributed by atoms with E-state index < -0.39 is 18.0 Å². The Kier molecular flexibility index (Phi) is 6.09. The zero-order valence-electron chi connectivity index (χ0n) is 13.9. The van der Waals surface area contributed by atoms with Gasteiger partial charge in [-0.2, -0.15) is 0 Å². The summed E-state index contributed by atoms with van der Waals surface area (Å²) in [5, 5.41) is 2.67. The maximum Gasteiger partial charge on any atom is 0.349 e. The molecule has 2 rings (SSSR count). The highest BCUT2D eigenvalue weighted by molar-refractivity contribution is 7.14. The Morgan fingerprint density at radius 2 is 1.96 bits per heavy atom. The maximum absolute atomic E-state index is 12.8. The van der Waals surface area contributed by atoms with Gasteiger partial charge in [-0.15, -0.1) is 11.3 Å². The summed E-state index contributed by atoms with van der Waals surface area (Å²) in [4.78, 5) is 25.7. The SMILES string of the molecule is CCc1cc(C(=O)OC(C)C(=O)NCc2ccc(F)cc2)sc1C. The van der Waals surface area contributed by atoms with Gasteiger partial charge in [0.05, 0.1) is 0 Å². The minimum atomic E-state index is -0.898. The van der Waals surface area contributed by atoms with Crippen LogP contribution in [0.25, 0.3) is 0 Å². The van der Waals surface area contributed by atoms with Gasteiger partial charge in [0.25, 0.3) is 5.91 Å². The van der Waals surface area contributed by atoms with Gasteiger partial charge in [0.1, 0.15) is 10.7 Å². The van der Waals surface area contributed by atoms with Crippen molar-refractivity contribution >= 4 is 23.2 Å². The third kappa shape index (κ3) is 4.64. The van der Waals surface area contributed by atoms with Crippen molar-refractivity contribution in [3.63, 3.8) is 0 Å². The monoisotopic (exact) mass is 349 g/mol. The van der Waals surface area contributed by atoms with Crippen LogP contribution in [0.15, 0.2) is 30.3 Å². The van der Waals surface area contributed by atoms with Crippen molar-refractivity contribution < 1.29 is 18.7 Å². The van der Waals surface area contributed by atoms with Crippen molar-refractivity contribution in [3.8, 4) is 0 Å². The number of nitrogens with one attached hydrogen (secondary N) is 1. The Morgan fingerprint density at radius 3 is 2.54 bits per heavy atom. The van der Waals surface area contributed by atoms with Crippen LogP contribution >= 0.6 is 11.3 Å². The lowest BCUT2D eigenvalue weighted by atomic mass is 10.2. The number of carbonyl (C=O) groups is 2. The molecule has 4 nitrogen and oxygen atoms in total. The van der Waals surface area contributed by atoms with Gasteiger partial charge in [-0.25, -0.2) is 9.18 Å². The van der Waals surface area contributed by atoms with E-state index in [1.165, 1.54) is 30.4 Å². The number of amides is 1. The first-order valence-corrected chi connectivity index (χ1v) is 8.54. The second-order valence-electron chi connectivity index (χ2n) is 5.44. The average Bonchev–Trinajstić information content (AvgIpc) is 2.95. The second kappa shape index (κ2) is 8.06. The smallest absolute Gasteiger partial charge is 0.349 e. The number of ether oxygens (including phenoxy) is 1. The molecule has 1 amide bonds. The summed E-state index contributed by atoms with van der Waals surface area (Å²) in [5.41, 5.74) is 1.88. The van der Waals surface area contributed by atoms with E-state index in [9.17, 15) is 14.0 Å². The fourth-order valence-corrected chi connectivity index (χ4v) is 3.18. The molecule has 0 aliphatic heterocycles. The summed E-state index contributed by atoms with van der Waals surface area (Å²) in [7, 11) is 0. The molecule has 0 saturated carbocycles. The molecule has 1 heterocycles. The second-order valence-corrected chi connectivity index (χ2v) is 6.69. The topological polar surface area (TPSA) is 55.4 Å². The van der Waals surface area contributed by atoms with Crippen LogP contribution in [0, 0.1) is 12.7 Å². The lowest BCUT2D eigenvalue weighted by Crippen LogP contribution is -2.35. The molecule has 6 heteroatoms. The third-order valence-electron chi connectivity index (χ3n) is 3.64. The predicted octanol–water partition coefficient (Wildman–Crippen LogP) is 3.62. The van der Waals surface area contributed by atoms with Gasteiger partial charge < -0.3 is 10.1 Å². The number of benzene rings is 1. The first-order valence-electron chi connectivity index (χ1n) is 7.73. The van der Waals surface area contributed by atoms with E-state index in [1.54, 1.807) is 12.1 Å².